The highest BCUT2D eigenvalue weighted by atomic mass is 127. The number of aromatic nitrogens is 3. The molecule has 2 aromatic heterocycles. The van der Waals surface area contributed by atoms with Gasteiger partial charge in [0.2, 0.25) is 0 Å². The molecule has 1 aromatic carbocycles. The summed E-state index contributed by atoms with van der Waals surface area (Å²) in [7, 11) is 1.77. The molecular weight excluding hydrogens is 471 g/mol. The molecular formula is C19H25IN6S. The number of para-hydroxylation sites is 1. The molecule has 3 aromatic rings. The predicted molar refractivity (Wildman–Crippen MR) is 122 cm³/mol. The molecule has 0 unspecified atom stereocenters. The number of hydrogen-bond donors (Lipinski definition) is 2. The van der Waals surface area contributed by atoms with E-state index < -0.39 is 0 Å². The second-order valence-corrected chi connectivity index (χ2v) is 6.96. The van der Waals surface area contributed by atoms with Gasteiger partial charge in [-0.25, -0.2) is 9.67 Å². The Morgan fingerprint density at radius 1 is 1.19 bits per heavy atom. The second kappa shape index (κ2) is 11.0. The molecule has 0 aliphatic rings. The average Bonchev–Trinajstić information content (AvgIpc) is 3.34. The van der Waals surface area contributed by atoms with Crippen molar-refractivity contribution in [3.05, 3.63) is 64.4 Å². The summed E-state index contributed by atoms with van der Waals surface area (Å²) in [5.74, 6) is 0.770. The SMILES string of the molecule is CCc1cnc(CCNC(=NC)NCc2ccn(-c3ccccc3)n2)s1.I. The van der Waals surface area contributed by atoms with Gasteiger partial charge in [0.15, 0.2) is 5.96 Å². The number of hydrogen-bond acceptors (Lipinski definition) is 4. The lowest BCUT2D eigenvalue weighted by Gasteiger charge is -2.10. The van der Waals surface area contributed by atoms with Crippen LogP contribution in [0.3, 0.4) is 0 Å². The van der Waals surface area contributed by atoms with Crippen LogP contribution in [0.5, 0.6) is 0 Å². The van der Waals surface area contributed by atoms with Crippen LogP contribution in [-0.2, 0) is 19.4 Å². The van der Waals surface area contributed by atoms with E-state index in [9.17, 15) is 0 Å². The minimum Gasteiger partial charge on any atom is -0.356 e. The minimum absolute atomic E-state index is 0. The third-order valence-corrected chi connectivity index (χ3v) is 5.11. The monoisotopic (exact) mass is 496 g/mol. The van der Waals surface area contributed by atoms with E-state index in [0.717, 1.165) is 41.7 Å². The van der Waals surface area contributed by atoms with Crippen LogP contribution in [0.4, 0.5) is 0 Å². The van der Waals surface area contributed by atoms with Crippen LogP contribution in [0.15, 0.2) is 53.8 Å². The lowest BCUT2D eigenvalue weighted by molar-refractivity contribution is 0.762. The zero-order valence-electron chi connectivity index (χ0n) is 15.6. The highest BCUT2D eigenvalue weighted by Gasteiger charge is 2.04. The molecule has 2 N–H and O–H groups in total. The number of thiazole rings is 1. The van der Waals surface area contributed by atoms with Gasteiger partial charge in [-0.3, -0.25) is 4.99 Å². The molecule has 3 rings (SSSR count). The molecule has 27 heavy (non-hydrogen) atoms. The van der Waals surface area contributed by atoms with Crippen molar-refractivity contribution < 1.29 is 0 Å². The van der Waals surface area contributed by atoms with Crippen LogP contribution in [0, 0.1) is 0 Å². The smallest absolute Gasteiger partial charge is 0.191 e. The van der Waals surface area contributed by atoms with Crippen LogP contribution in [0.1, 0.15) is 22.5 Å². The van der Waals surface area contributed by atoms with E-state index >= 15 is 0 Å². The molecule has 0 atom stereocenters. The zero-order chi connectivity index (χ0) is 18.2. The van der Waals surface area contributed by atoms with Crippen molar-refractivity contribution in [2.45, 2.75) is 26.3 Å². The van der Waals surface area contributed by atoms with Crippen molar-refractivity contribution in [2.75, 3.05) is 13.6 Å². The van der Waals surface area contributed by atoms with E-state index in [4.69, 9.17) is 0 Å². The number of aryl methyl sites for hydroxylation is 1. The number of aliphatic imine (C=N–C) groups is 1. The van der Waals surface area contributed by atoms with E-state index in [-0.39, 0.29) is 24.0 Å². The standard InChI is InChI=1S/C19H24N6S.HI/c1-3-17-14-22-18(26-17)9-11-21-19(20-2)23-13-15-10-12-25(24-15)16-7-5-4-6-8-16;/h4-8,10,12,14H,3,9,11,13H2,1-2H3,(H2,20,21,23);1H. The Bertz CT molecular complexity index is 843. The van der Waals surface area contributed by atoms with Gasteiger partial charge in [-0.05, 0) is 24.6 Å². The number of nitrogens with zero attached hydrogens (tertiary/aromatic N) is 4. The first kappa shape index (κ1) is 21.4. The molecule has 0 aliphatic carbocycles. The number of halogens is 1. The normalized spacial score (nSPS) is 11.1. The quantitative estimate of drug-likeness (QED) is 0.299. The highest BCUT2D eigenvalue weighted by molar-refractivity contribution is 14.0. The van der Waals surface area contributed by atoms with Gasteiger partial charge in [-0.2, -0.15) is 5.10 Å². The van der Waals surface area contributed by atoms with Crippen LogP contribution in [-0.4, -0.2) is 34.3 Å². The van der Waals surface area contributed by atoms with E-state index in [2.05, 4.69) is 32.6 Å². The summed E-state index contributed by atoms with van der Waals surface area (Å²) in [5, 5.41) is 12.4. The van der Waals surface area contributed by atoms with Crippen molar-refractivity contribution in [3.8, 4) is 5.69 Å². The summed E-state index contributed by atoms with van der Waals surface area (Å²) < 4.78 is 1.88. The predicted octanol–water partition coefficient (Wildman–Crippen LogP) is 3.42. The number of nitrogens with one attached hydrogen (secondary N) is 2. The first-order chi connectivity index (χ1) is 12.8. The fourth-order valence-corrected chi connectivity index (χ4v) is 3.35. The van der Waals surface area contributed by atoms with Gasteiger partial charge < -0.3 is 10.6 Å². The van der Waals surface area contributed by atoms with Crippen LogP contribution in [0.2, 0.25) is 0 Å². The maximum atomic E-state index is 4.59. The summed E-state index contributed by atoms with van der Waals surface area (Å²) >= 11 is 1.78. The molecule has 6 nitrogen and oxygen atoms in total. The van der Waals surface area contributed by atoms with Crippen LogP contribution < -0.4 is 10.6 Å². The van der Waals surface area contributed by atoms with Crippen LogP contribution >= 0.6 is 35.3 Å². The lowest BCUT2D eigenvalue weighted by Crippen LogP contribution is -2.37. The maximum Gasteiger partial charge on any atom is 0.191 e. The van der Waals surface area contributed by atoms with Gasteiger partial charge in [0.1, 0.15) is 0 Å². The topological polar surface area (TPSA) is 67.1 Å². The minimum atomic E-state index is 0. The summed E-state index contributed by atoms with van der Waals surface area (Å²) in [5.41, 5.74) is 2.01. The Balaban J connectivity index is 0.00000261. The van der Waals surface area contributed by atoms with Gasteiger partial charge in [0.05, 0.1) is 22.9 Å². The Labute approximate surface area is 181 Å². The fraction of sp³-hybridized carbons (Fsp3) is 0.316. The molecule has 0 saturated carbocycles. The Morgan fingerprint density at radius 3 is 2.70 bits per heavy atom. The van der Waals surface area contributed by atoms with E-state index in [1.807, 2.05) is 53.5 Å². The van der Waals surface area contributed by atoms with Gasteiger partial charge in [0, 0.05) is 37.3 Å². The third kappa shape index (κ3) is 6.31. The lowest BCUT2D eigenvalue weighted by atomic mass is 10.3. The van der Waals surface area contributed by atoms with Gasteiger partial charge in [-0.15, -0.1) is 35.3 Å². The molecule has 0 spiro atoms. The van der Waals surface area contributed by atoms with Crippen LogP contribution in [0.25, 0.3) is 5.69 Å². The largest absolute Gasteiger partial charge is 0.356 e. The average molecular weight is 496 g/mol. The summed E-state index contributed by atoms with van der Waals surface area (Å²) in [6.45, 7) is 3.58. The van der Waals surface area contributed by atoms with Crippen molar-refractivity contribution in [3.63, 3.8) is 0 Å². The summed E-state index contributed by atoms with van der Waals surface area (Å²) in [6, 6.07) is 12.1. The van der Waals surface area contributed by atoms with Crippen molar-refractivity contribution >= 4 is 41.3 Å². The molecule has 0 bridgehead atoms. The fourth-order valence-electron chi connectivity index (χ4n) is 2.49. The number of rotatable bonds is 7. The highest BCUT2D eigenvalue weighted by Crippen LogP contribution is 2.13. The Kier molecular flexibility index (Phi) is 8.73. The Morgan fingerprint density at radius 2 is 2.00 bits per heavy atom. The summed E-state index contributed by atoms with van der Waals surface area (Å²) in [6.07, 6.45) is 5.88. The van der Waals surface area contributed by atoms with Crippen molar-refractivity contribution in [2.24, 2.45) is 4.99 Å². The van der Waals surface area contributed by atoms with Gasteiger partial charge in [0.25, 0.3) is 0 Å². The molecule has 0 saturated heterocycles. The number of guanidine groups is 1. The molecule has 144 valence electrons. The molecule has 0 radical (unpaired) electrons. The van der Waals surface area contributed by atoms with E-state index in [1.54, 1.807) is 18.4 Å². The second-order valence-electron chi connectivity index (χ2n) is 5.76. The van der Waals surface area contributed by atoms with E-state index in [1.165, 1.54) is 4.88 Å². The maximum absolute atomic E-state index is 4.59. The van der Waals surface area contributed by atoms with E-state index in [0.29, 0.717) is 6.54 Å². The van der Waals surface area contributed by atoms with Gasteiger partial charge in [-0.1, -0.05) is 25.1 Å². The number of benzene rings is 1. The van der Waals surface area contributed by atoms with Crippen molar-refractivity contribution in [1.29, 1.82) is 0 Å². The first-order valence-electron chi connectivity index (χ1n) is 8.76. The molecule has 2 heterocycles. The molecule has 0 aliphatic heterocycles. The van der Waals surface area contributed by atoms with Gasteiger partial charge >= 0.3 is 0 Å². The molecule has 8 heteroatoms. The first-order valence-corrected chi connectivity index (χ1v) is 9.58. The zero-order valence-corrected chi connectivity index (χ0v) is 18.7. The summed E-state index contributed by atoms with van der Waals surface area (Å²) in [4.78, 5) is 10.0. The molecule has 0 amide bonds. The van der Waals surface area contributed by atoms with Crippen molar-refractivity contribution in [1.82, 2.24) is 25.4 Å². The molecule has 0 fully saturated rings. The Hall–Kier alpha value is -1.94. The third-order valence-electron chi connectivity index (χ3n) is 3.91.